The smallest absolute Gasteiger partial charge is 0.258 e. The van der Waals surface area contributed by atoms with Crippen LogP contribution in [0.4, 0.5) is 5.69 Å². The molecule has 25 heavy (non-hydrogen) atoms. The van der Waals surface area contributed by atoms with E-state index in [9.17, 15) is 9.59 Å². The van der Waals surface area contributed by atoms with Crippen molar-refractivity contribution >= 4 is 17.5 Å². The van der Waals surface area contributed by atoms with E-state index in [1.165, 1.54) is 0 Å². The highest BCUT2D eigenvalue weighted by Gasteiger charge is 2.21. The fraction of sp³-hybridized carbons (Fsp3) is 0.368. The molecular weight excluding hydrogens is 320 g/mol. The summed E-state index contributed by atoms with van der Waals surface area (Å²) in [5.74, 6) is 2.04. The molecule has 3 rings (SSSR count). The number of benzene rings is 1. The van der Waals surface area contributed by atoms with Gasteiger partial charge in [0.15, 0.2) is 6.61 Å². The van der Waals surface area contributed by atoms with Crippen LogP contribution in [0.2, 0.25) is 0 Å². The Kier molecular flexibility index (Phi) is 5.07. The van der Waals surface area contributed by atoms with Crippen molar-refractivity contribution < 1.29 is 18.7 Å². The summed E-state index contributed by atoms with van der Waals surface area (Å²) in [6, 6.07) is 10.7. The Morgan fingerprint density at radius 3 is 2.64 bits per heavy atom. The molecule has 0 aliphatic carbocycles. The Morgan fingerprint density at radius 1 is 1.28 bits per heavy atom. The molecule has 1 N–H and O–H groups in total. The van der Waals surface area contributed by atoms with Crippen LogP contribution in [0, 0.1) is 6.92 Å². The molecule has 1 aromatic heterocycles. The minimum Gasteiger partial charge on any atom is -0.484 e. The summed E-state index contributed by atoms with van der Waals surface area (Å²) in [7, 11) is 0. The molecule has 6 heteroatoms. The lowest BCUT2D eigenvalue weighted by molar-refractivity contribution is -0.123. The van der Waals surface area contributed by atoms with Crippen molar-refractivity contribution in [2.45, 2.75) is 32.7 Å². The first-order valence-electron chi connectivity index (χ1n) is 8.42. The standard InChI is InChI=1S/C19H22N2O4/c1-13-5-10-17(25-13)14(2)20-18(22)12-24-16-8-6-15(7-9-16)21-11-3-4-19(21)23/h5-10,14H,3-4,11-12H2,1-2H3,(H,20,22)/t14-/m1/s1. The molecule has 132 valence electrons. The van der Waals surface area contributed by atoms with E-state index in [1.807, 2.05) is 38.1 Å². The van der Waals surface area contributed by atoms with Crippen molar-refractivity contribution in [3.63, 3.8) is 0 Å². The number of carbonyl (C=O) groups is 2. The van der Waals surface area contributed by atoms with E-state index in [0.717, 1.165) is 24.4 Å². The maximum Gasteiger partial charge on any atom is 0.258 e. The van der Waals surface area contributed by atoms with Crippen molar-refractivity contribution in [2.75, 3.05) is 18.1 Å². The molecular formula is C19H22N2O4. The summed E-state index contributed by atoms with van der Waals surface area (Å²) in [5, 5.41) is 2.83. The Morgan fingerprint density at radius 2 is 2.04 bits per heavy atom. The molecule has 2 amide bonds. The van der Waals surface area contributed by atoms with Gasteiger partial charge in [-0.15, -0.1) is 0 Å². The topological polar surface area (TPSA) is 71.8 Å². The van der Waals surface area contributed by atoms with Gasteiger partial charge in [0.1, 0.15) is 17.3 Å². The monoisotopic (exact) mass is 342 g/mol. The molecule has 0 bridgehead atoms. The zero-order valence-corrected chi connectivity index (χ0v) is 14.5. The lowest BCUT2D eigenvalue weighted by Crippen LogP contribution is -2.31. The van der Waals surface area contributed by atoms with Crippen molar-refractivity contribution in [3.8, 4) is 5.75 Å². The van der Waals surface area contributed by atoms with Gasteiger partial charge in [0, 0.05) is 18.7 Å². The van der Waals surface area contributed by atoms with E-state index in [1.54, 1.807) is 17.0 Å². The number of anilines is 1. The number of hydrogen-bond donors (Lipinski definition) is 1. The summed E-state index contributed by atoms with van der Waals surface area (Å²) >= 11 is 0. The molecule has 1 saturated heterocycles. The predicted molar refractivity (Wildman–Crippen MR) is 93.5 cm³/mol. The zero-order valence-electron chi connectivity index (χ0n) is 14.5. The third-order valence-corrected chi connectivity index (χ3v) is 4.16. The normalized spacial score (nSPS) is 15.3. The van der Waals surface area contributed by atoms with Gasteiger partial charge in [0.05, 0.1) is 6.04 Å². The second-order valence-electron chi connectivity index (χ2n) is 6.17. The lowest BCUT2D eigenvalue weighted by Gasteiger charge is -2.16. The number of rotatable bonds is 6. The van der Waals surface area contributed by atoms with Gasteiger partial charge in [-0.3, -0.25) is 9.59 Å². The third-order valence-electron chi connectivity index (χ3n) is 4.16. The number of ether oxygens (including phenoxy) is 1. The highest BCUT2D eigenvalue weighted by molar-refractivity contribution is 5.95. The van der Waals surface area contributed by atoms with Gasteiger partial charge in [0.25, 0.3) is 5.91 Å². The fourth-order valence-electron chi connectivity index (χ4n) is 2.83. The average Bonchev–Trinajstić information content (AvgIpc) is 3.22. The lowest BCUT2D eigenvalue weighted by atomic mass is 10.2. The fourth-order valence-corrected chi connectivity index (χ4v) is 2.83. The maximum atomic E-state index is 12.0. The molecule has 1 fully saturated rings. The summed E-state index contributed by atoms with van der Waals surface area (Å²) in [6.45, 7) is 4.40. The van der Waals surface area contributed by atoms with Crippen LogP contribution >= 0.6 is 0 Å². The number of carbonyl (C=O) groups excluding carboxylic acids is 2. The summed E-state index contributed by atoms with van der Waals surface area (Å²) in [4.78, 5) is 25.5. The summed E-state index contributed by atoms with van der Waals surface area (Å²) < 4.78 is 11.0. The second kappa shape index (κ2) is 7.42. The van der Waals surface area contributed by atoms with Gasteiger partial charge >= 0.3 is 0 Å². The average molecular weight is 342 g/mol. The van der Waals surface area contributed by atoms with E-state index in [-0.39, 0.29) is 24.5 Å². The first-order valence-corrected chi connectivity index (χ1v) is 8.42. The first-order chi connectivity index (χ1) is 12.0. The van der Waals surface area contributed by atoms with Crippen LogP contribution < -0.4 is 15.0 Å². The van der Waals surface area contributed by atoms with Crippen LogP contribution in [0.1, 0.15) is 37.3 Å². The molecule has 0 saturated carbocycles. The molecule has 6 nitrogen and oxygen atoms in total. The molecule has 0 spiro atoms. The van der Waals surface area contributed by atoms with E-state index in [2.05, 4.69) is 5.32 Å². The van der Waals surface area contributed by atoms with E-state index in [4.69, 9.17) is 9.15 Å². The molecule has 2 heterocycles. The van der Waals surface area contributed by atoms with Crippen LogP contribution in [0.15, 0.2) is 40.8 Å². The van der Waals surface area contributed by atoms with Gasteiger partial charge in [-0.2, -0.15) is 0 Å². The van der Waals surface area contributed by atoms with Gasteiger partial charge in [-0.05, 0) is 56.7 Å². The van der Waals surface area contributed by atoms with Crippen molar-refractivity contribution in [3.05, 3.63) is 47.9 Å². The number of nitrogens with one attached hydrogen (secondary N) is 1. The molecule has 0 unspecified atom stereocenters. The predicted octanol–water partition coefficient (Wildman–Crippen LogP) is 2.97. The summed E-state index contributed by atoms with van der Waals surface area (Å²) in [5.41, 5.74) is 0.862. The Bertz CT molecular complexity index is 751. The Labute approximate surface area is 146 Å². The highest BCUT2D eigenvalue weighted by Crippen LogP contribution is 2.24. The highest BCUT2D eigenvalue weighted by atomic mass is 16.5. The van der Waals surface area contributed by atoms with Gasteiger partial charge < -0.3 is 19.4 Å². The minimum absolute atomic E-state index is 0.0774. The zero-order chi connectivity index (χ0) is 17.8. The number of nitrogens with zero attached hydrogens (tertiary/aromatic N) is 1. The largest absolute Gasteiger partial charge is 0.484 e. The molecule has 1 aliphatic heterocycles. The van der Waals surface area contributed by atoms with Gasteiger partial charge in [-0.1, -0.05) is 0 Å². The van der Waals surface area contributed by atoms with Crippen molar-refractivity contribution in [2.24, 2.45) is 0 Å². The minimum atomic E-state index is -0.222. The van der Waals surface area contributed by atoms with Gasteiger partial charge in [-0.25, -0.2) is 0 Å². The third kappa shape index (κ3) is 4.21. The summed E-state index contributed by atoms with van der Waals surface area (Å²) in [6.07, 6.45) is 1.50. The Hall–Kier alpha value is -2.76. The van der Waals surface area contributed by atoms with E-state index >= 15 is 0 Å². The molecule has 2 aromatic rings. The molecule has 1 aliphatic rings. The SMILES string of the molecule is Cc1ccc([C@@H](C)NC(=O)COc2ccc(N3CCCC3=O)cc2)o1. The van der Waals surface area contributed by atoms with Crippen LogP contribution in [0.5, 0.6) is 5.75 Å². The van der Waals surface area contributed by atoms with Crippen molar-refractivity contribution in [1.82, 2.24) is 5.32 Å². The number of hydrogen-bond acceptors (Lipinski definition) is 4. The molecule has 0 radical (unpaired) electrons. The van der Waals surface area contributed by atoms with Gasteiger partial charge in [0.2, 0.25) is 5.91 Å². The number of aryl methyl sites for hydroxylation is 1. The van der Waals surface area contributed by atoms with Crippen LogP contribution in [0.3, 0.4) is 0 Å². The number of amides is 2. The Balaban J connectivity index is 1.49. The van der Waals surface area contributed by atoms with Crippen LogP contribution in [0.25, 0.3) is 0 Å². The molecule has 1 atom stereocenters. The van der Waals surface area contributed by atoms with Crippen LogP contribution in [-0.4, -0.2) is 25.0 Å². The maximum absolute atomic E-state index is 12.0. The van der Waals surface area contributed by atoms with E-state index < -0.39 is 0 Å². The van der Waals surface area contributed by atoms with E-state index in [0.29, 0.717) is 17.9 Å². The van der Waals surface area contributed by atoms with Crippen molar-refractivity contribution in [1.29, 1.82) is 0 Å². The second-order valence-corrected chi connectivity index (χ2v) is 6.17. The van der Waals surface area contributed by atoms with Crippen LogP contribution in [-0.2, 0) is 9.59 Å². The number of furan rings is 1. The molecule has 1 aromatic carbocycles. The quantitative estimate of drug-likeness (QED) is 0.876. The first kappa shape index (κ1) is 17.1.